The van der Waals surface area contributed by atoms with Crippen LogP contribution in [-0.4, -0.2) is 12.6 Å². The fourth-order valence-corrected chi connectivity index (χ4v) is 2.64. The minimum Gasteiger partial charge on any atom is -0.490 e. The number of unbranched alkanes of at least 4 members (excludes halogenated alkanes) is 1. The molecule has 2 atom stereocenters. The summed E-state index contributed by atoms with van der Waals surface area (Å²) in [5.41, 5.74) is 0.973. The standard InChI is InChI=1S/C16H24FNO/c1-3-5-6-13-11-15(18-9-4-2)14-10-12(17)7-8-16(14)19-13/h7-8,10,13,15,18H,3-6,9,11H2,1-2H3. The maximum atomic E-state index is 13.4. The Labute approximate surface area is 115 Å². The van der Waals surface area contributed by atoms with Crippen LogP contribution in [0.15, 0.2) is 18.2 Å². The molecule has 3 heteroatoms. The van der Waals surface area contributed by atoms with E-state index in [4.69, 9.17) is 4.74 Å². The molecule has 1 aliphatic heterocycles. The van der Waals surface area contributed by atoms with E-state index < -0.39 is 0 Å². The minimum atomic E-state index is -0.183. The van der Waals surface area contributed by atoms with Gasteiger partial charge in [-0.2, -0.15) is 0 Å². The average Bonchev–Trinajstić information content (AvgIpc) is 2.42. The lowest BCUT2D eigenvalue weighted by Gasteiger charge is -2.33. The van der Waals surface area contributed by atoms with Gasteiger partial charge < -0.3 is 10.1 Å². The van der Waals surface area contributed by atoms with E-state index in [2.05, 4.69) is 19.2 Å². The van der Waals surface area contributed by atoms with Gasteiger partial charge in [-0.15, -0.1) is 0 Å². The van der Waals surface area contributed by atoms with Crippen molar-refractivity contribution in [3.05, 3.63) is 29.6 Å². The summed E-state index contributed by atoms with van der Waals surface area (Å²) in [4.78, 5) is 0. The zero-order chi connectivity index (χ0) is 13.7. The van der Waals surface area contributed by atoms with Crippen LogP contribution < -0.4 is 10.1 Å². The average molecular weight is 265 g/mol. The summed E-state index contributed by atoms with van der Waals surface area (Å²) in [7, 11) is 0. The Morgan fingerprint density at radius 3 is 2.89 bits per heavy atom. The summed E-state index contributed by atoms with van der Waals surface area (Å²) in [5.74, 6) is 0.667. The van der Waals surface area contributed by atoms with Crippen molar-refractivity contribution >= 4 is 0 Å². The third-order valence-corrected chi connectivity index (χ3v) is 3.66. The van der Waals surface area contributed by atoms with Crippen molar-refractivity contribution in [3.63, 3.8) is 0 Å². The molecule has 1 aromatic rings. The molecule has 2 nitrogen and oxygen atoms in total. The quantitative estimate of drug-likeness (QED) is 0.832. The maximum Gasteiger partial charge on any atom is 0.124 e. The second-order valence-corrected chi connectivity index (χ2v) is 5.31. The van der Waals surface area contributed by atoms with Gasteiger partial charge in [0.05, 0.1) is 0 Å². The molecule has 0 amide bonds. The summed E-state index contributed by atoms with van der Waals surface area (Å²) < 4.78 is 19.4. The van der Waals surface area contributed by atoms with Crippen molar-refractivity contribution in [1.82, 2.24) is 5.32 Å². The highest BCUT2D eigenvalue weighted by molar-refractivity contribution is 5.38. The molecule has 2 rings (SSSR count). The fraction of sp³-hybridized carbons (Fsp3) is 0.625. The molecule has 0 fully saturated rings. The number of ether oxygens (including phenoxy) is 1. The van der Waals surface area contributed by atoms with Crippen LogP contribution in [-0.2, 0) is 0 Å². The molecule has 106 valence electrons. The largest absolute Gasteiger partial charge is 0.490 e. The van der Waals surface area contributed by atoms with Gasteiger partial charge in [0.25, 0.3) is 0 Å². The summed E-state index contributed by atoms with van der Waals surface area (Å²) in [5, 5.41) is 3.51. The van der Waals surface area contributed by atoms with E-state index in [1.165, 1.54) is 18.9 Å². The Morgan fingerprint density at radius 1 is 1.32 bits per heavy atom. The third-order valence-electron chi connectivity index (χ3n) is 3.66. The lowest BCUT2D eigenvalue weighted by atomic mass is 9.94. The van der Waals surface area contributed by atoms with Crippen LogP contribution >= 0.6 is 0 Å². The number of rotatable bonds is 6. The number of fused-ring (bicyclic) bond motifs is 1. The first kappa shape index (κ1) is 14.3. The van der Waals surface area contributed by atoms with E-state index in [1.54, 1.807) is 12.1 Å². The van der Waals surface area contributed by atoms with Crippen LogP contribution in [0.3, 0.4) is 0 Å². The molecule has 2 unspecified atom stereocenters. The van der Waals surface area contributed by atoms with Gasteiger partial charge in [-0.1, -0.05) is 26.7 Å². The Bertz CT molecular complexity index is 408. The molecule has 0 aromatic heterocycles. The van der Waals surface area contributed by atoms with Crippen molar-refractivity contribution in [2.75, 3.05) is 6.54 Å². The molecule has 19 heavy (non-hydrogen) atoms. The van der Waals surface area contributed by atoms with Gasteiger partial charge >= 0.3 is 0 Å². The number of halogens is 1. The summed E-state index contributed by atoms with van der Waals surface area (Å²) in [6.07, 6.45) is 5.73. The Morgan fingerprint density at radius 2 is 2.16 bits per heavy atom. The van der Waals surface area contributed by atoms with Crippen LogP contribution in [0.1, 0.15) is 57.6 Å². The normalized spacial score (nSPS) is 21.8. The van der Waals surface area contributed by atoms with E-state index in [9.17, 15) is 4.39 Å². The zero-order valence-corrected chi connectivity index (χ0v) is 11.9. The van der Waals surface area contributed by atoms with Gasteiger partial charge in [0.1, 0.15) is 17.7 Å². The molecular formula is C16H24FNO. The number of nitrogens with one attached hydrogen (secondary N) is 1. The molecule has 0 aliphatic carbocycles. The number of benzene rings is 1. The maximum absolute atomic E-state index is 13.4. The molecule has 1 aliphatic rings. The Hall–Kier alpha value is -1.09. The molecule has 1 N–H and O–H groups in total. The first-order valence-corrected chi connectivity index (χ1v) is 7.44. The highest BCUT2D eigenvalue weighted by atomic mass is 19.1. The van der Waals surface area contributed by atoms with Crippen LogP contribution in [0.2, 0.25) is 0 Å². The zero-order valence-electron chi connectivity index (χ0n) is 11.9. The van der Waals surface area contributed by atoms with E-state index in [1.807, 2.05) is 0 Å². The van der Waals surface area contributed by atoms with Gasteiger partial charge in [-0.3, -0.25) is 0 Å². The van der Waals surface area contributed by atoms with E-state index in [-0.39, 0.29) is 18.0 Å². The number of hydrogen-bond donors (Lipinski definition) is 1. The Balaban J connectivity index is 2.14. The van der Waals surface area contributed by atoms with E-state index >= 15 is 0 Å². The van der Waals surface area contributed by atoms with Crippen LogP contribution in [0.5, 0.6) is 5.75 Å². The lowest BCUT2D eigenvalue weighted by molar-refractivity contribution is 0.138. The fourth-order valence-electron chi connectivity index (χ4n) is 2.64. The first-order valence-electron chi connectivity index (χ1n) is 7.44. The molecule has 1 aromatic carbocycles. The second-order valence-electron chi connectivity index (χ2n) is 5.31. The highest BCUT2D eigenvalue weighted by Gasteiger charge is 2.27. The molecule has 0 bridgehead atoms. The van der Waals surface area contributed by atoms with Gasteiger partial charge in [0.15, 0.2) is 0 Å². The summed E-state index contributed by atoms with van der Waals surface area (Å²) in [6.45, 7) is 5.30. The van der Waals surface area contributed by atoms with Crippen molar-refractivity contribution in [3.8, 4) is 5.75 Å². The van der Waals surface area contributed by atoms with Crippen LogP contribution in [0.25, 0.3) is 0 Å². The predicted molar refractivity (Wildman–Crippen MR) is 76.0 cm³/mol. The molecular weight excluding hydrogens is 241 g/mol. The van der Waals surface area contributed by atoms with Crippen molar-refractivity contribution < 1.29 is 9.13 Å². The first-order chi connectivity index (χ1) is 9.24. The third kappa shape index (κ3) is 3.69. The van der Waals surface area contributed by atoms with E-state index in [0.717, 1.165) is 37.1 Å². The second kappa shape index (κ2) is 6.90. The number of hydrogen-bond acceptors (Lipinski definition) is 2. The topological polar surface area (TPSA) is 21.3 Å². The SMILES string of the molecule is CCCCC1CC(NCCC)c2cc(F)ccc2O1. The smallest absolute Gasteiger partial charge is 0.124 e. The van der Waals surface area contributed by atoms with Gasteiger partial charge in [-0.05, 0) is 37.6 Å². The van der Waals surface area contributed by atoms with Gasteiger partial charge in [-0.25, -0.2) is 4.39 Å². The van der Waals surface area contributed by atoms with Gasteiger partial charge in [0.2, 0.25) is 0 Å². The molecule has 1 heterocycles. The molecule has 0 saturated heterocycles. The predicted octanol–water partition coefficient (Wildman–Crippen LogP) is 4.21. The molecule has 0 radical (unpaired) electrons. The summed E-state index contributed by atoms with van der Waals surface area (Å²) in [6, 6.07) is 5.08. The molecule has 0 spiro atoms. The van der Waals surface area contributed by atoms with Gasteiger partial charge in [0, 0.05) is 18.0 Å². The molecule has 0 saturated carbocycles. The minimum absolute atomic E-state index is 0.183. The van der Waals surface area contributed by atoms with Crippen molar-refractivity contribution in [1.29, 1.82) is 0 Å². The van der Waals surface area contributed by atoms with Crippen LogP contribution in [0.4, 0.5) is 4.39 Å². The van der Waals surface area contributed by atoms with Crippen LogP contribution in [0, 0.1) is 5.82 Å². The highest BCUT2D eigenvalue weighted by Crippen LogP contribution is 2.36. The summed E-state index contributed by atoms with van der Waals surface area (Å²) >= 11 is 0. The monoisotopic (exact) mass is 265 g/mol. The Kier molecular flexibility index (Phi) is 5.20. The van der Waals surface area contributed by atoms with Crippen molar-refractivity contribution in [2.24, 2.45) is 0 Å². The lowest BCUT2D eigenvalue weighted by Crippen LogP contribution is -2.33. The van der Waals surface area contributed by atoms with E-state index in [0.29, 0.717) is 0 Å². The van der Waals surface area contributed by atoms with Crippen molar-refractivity contribution in [2.45, 2.75) is 58.1 Å².